The summed E-state index contributed by atoms with van der Waals surface area (Å²) in [4.78, 5) is 0. The zero-order chi connectivity index (χ0) is 10.9. The second kappa shape index (κ2) is 8.12. The zero-order valence-electron chi connectivity index (χ0n) is 10.4. The van der Waals surface area contributed by atoms with Crippen molar-refractivity contribution in [2.75, 3.05) is 19.7 Å². The van der Waals surface area contributed by atoms with Crippen molar-refractivity contribution < 1.29 is 4.74 Å². The van der Waals surface area contributed by atoms with E-state index >= 15 is 0 Å². The Labute approximate surface area is 94.8 Å². The van der Waals surface area contributed by atoms with Crippen molar-refractivity contribution in [3.8, 4) is 0 Å². The molecule has 0 amide bonds. The third-order valence-electron chi connectivity index (χ3n) is 3.43. The van der Waals surface area contributed by atoms with Crippen LogP contribution >= 0.6 is 0 Å². The molecule has 0 saturated carbocycles. The fourth-order valence-corrected chi connectivity index (χ4v) is 2.25. The third kappa shape index (κ3) is 5.53. The SMILES string of the molecule is CCCCCCOC(C)C1CCNCC1. The summed E-state index contributed by atoms with van der Waals surface area (Å²) < 4.78 is 5.90. The molecule has 2 nitrogen and oxygen atoms in total. The summed E-state index contributed by atoms with van der Waals surface area (Å²) in [6, 6.07) is 0. The average Bonchev–Trinajstić information content (AvgIpc) is 2.30. The van der Waals surface area contributed by atoms with E-state index in [1.165, 1.54) is 51.6 Å². The molecule has 0 aromatic carbocycles. The van der Waals surface area contributed by atoms with Gasteiger partial charge in [0.25, 0.3) is 0 Å². The lowest BCUT2D eigenvalue weighted by atomic mass is 9.93. The van der Waals surface area contributed by atoms with E-state index in [9.17, 15) is 0 Å². The molecule has 1 N–H and O–H groups in total. The number of hydrogen-bond donors (Lipinski definition) is 1. The molecule has 1 unspecified atom stereocenters. The van der Waals surface area contributed by atoms with Crippen LogP contribution in [0.15, 0.2) is 0 Å². The largest absolute Gasteiger partial charge is 0.378 e. The Morgan fingerprint density at radius 1 is 1.20 bits per heavy atom. The molecule has 1 fully saturated rings. The highest BCUT2D eigenvalue weighted by Crippen LogP contribution is 2.18. The van der Waals surface area contributed by atoms with Crippen LogP contribution in [0.1, 0.15) is 52.4 Å². The molecule has 1 heterocycles. The van der Waals surface area contributed by atoms with E-state index in [0.29, 0.717) is 6.10 Å². The normalized spacial score (nSPS) is 20.4. The van der Waals surface area contributed by atoms with Gasteiger partial charge in [-0.1, -0.05) is 26.2 Å². The number of hydrogen-bond acceptors (Lipinski definition) is 2. The summed E-state index contributed by atoms with van der Waals surface area (Å²) in [7, 11) is 0. The molecule has 90 valence electrons. The quantitative estimate of drug-likeness (QED) is 0.656. The van der Waals surface area contributed by atoms with Crippen molar-refractivity contribution in [1.82, 2.24) is 5.32 Å². The minimum absolute atomic E-state index is 0.466. The van der Waals surface area contributed by atoms with Gasteiger partial charge in [-0.05, 0) is 45.2 Å². The molecule has 2 heteroatoms. The van der Waals surface area contributed by atoms with Gasteiger partial charge in [-0.3, -0.25) is 0 Å². The highest BCUT2D eigenvalue weighted by molar-refractivity contribution is 4.73. The van der Waals surface area contributed by atoms with Gasteiger partial charge in [-0.25, -0.2) is 0 Å². The average molecular weight is 213 g/mol. The first-order valence-electron chi connectivity index (χ1n) is 6.67. The van der Waals surface area contributed by atoms with Gasteiger partial charge in [0, 0.05) is 6.61 Å². The van der Waals surface area contributed by atoms with Crippen LogP contribution in [0, 0.1) is 5.92 Å². The van der Waals surface area contributed by atoms with E-state index < -0.39 is 0 Å². The fraction of sp³-hybridized carbons (Fsp3) is 1.00. The number of unbranched alkanes of at least 4 members (excludes halogenated alkanes) is 3. The second-order valence-corrected chi connectivity index (χ2v) is 4.72. The predicted octanol–water partition coefficient (Wildman–Crippen LogP) is 2.97. The van der Waals surface area contributed by atoms with Crippen LogP contribution < -0.4 is 5.32 Å². The van der Waals surface area contributed by atoms with Gasteiger partial charge in [0.15, 0.2) is 0 Å². The summed E-state index contributed by atoms with van der Waals surface area (Å²) in [5, 5.41) is 3.40. The Morgan fingerprint density at radius 3 is 2.60 bits per heavy atom. The lowest BCUT2D eigenvalue weighted by Gasteiger charge is -2.28. The summed E-state index contributed by atoms with van der Waals surface area (Å²) in [6.45, 7) is 7.81. The number of piperidine rings is 1. The number of ether oxygens (including phenoxy) is 1. The van der Waals surface area contributed by atoms with Gasteiger partial charge >= 0.3 is 0 Å². The van der Waals surface area contributed by atoms with Crippen LogP contribution in [0.5, 0.6) is 0 Å². The topological polar surface area (TPSA) is 21.3 Å². The Kier molecular flexibility index (Phi) is 7.03. The predicted molar refractivity (Wildman–Crippen MR) is 65.1 cm³/mol. The lowest BCUT2D eigenvalue weighted by molar-refractivity contribution is 0.0132. The smallest absolute Gasteiger partial charge is 0.0576 e. The molecular weight excluding hydrogens is 186 g/mol. The van der Waals surface area contributed by atoms with Crippen LogP contribution in [0.4, 0.5) is 0 Å². The maximum atomic E-state index is 5.90. The fourth-order valence-electron chi connectivity index (χ4n) is 2.25. The maximum Gasteiger partial charge on any atom is 0.0576 e. The van der Waals surface area contributed by atoms with Crippen LogP contribution in [0.3, 0.4) is 0 Å². The molecule has 1 saturated heterocycles. The second-order valence-electron chi connectivity index (χ2n) is 4.72. The van der Waals surface area contributed by atoms with Crippen molar-refractivity contribution in [1.29, 1.82) is 0 Å². The van der Waals surface area contributed by atoms with Gasteiger partial charge in [0.2, 0.25) is 0 Å². The number of rotatable bonds is 7. The summed E-state index contributed by atoms with van der Waals surface area (Å²) >= 11 is 0. The molecule has 0 radical (unpaired) electrons. The Morgan fingerprint density at radius 2 is 1.93 bits per heavy atom. The Hall–Kier alpha value is -0.0800. The van der Waals surface area contributed by atoms with Crippen LogP contribution in [-0.4, -0.2) is 25.8 Å². The summed E-state index contributed by atoms with van der Waals surface area (Å²) in [6.07, 6.45) is 8.27. The molecule has 1 atom stereocenters. The van der Waals surface area contributed by atoms with E-state index in [-0.39, 0.29) is 0 Å². The monoisotopic (exact) mass is 213 g/mol. The first-order chi connectivity index (χ1) is 7.34. The molecule has 0 aromatic rings. The first kappa shape index (κ1) is 13.0. The van der Waals surface area contributed by atoms with E-state index in [4.69, 9.17) is 4.74 Å². The molecule has 1 rings (SSSR count). The summed E-state index contributed by atoms with van der Waals surface area (Å²) in [5.41, 5.74) is 0. The van der Waals surface area contributed by atoms with E-state index in [0.717, 1.165) is 12.5 Å². The number of nitrogens with one attached hydrogen (secondary N) is 1. The van der Waals surface area contributed by atoms with Gasteiger partial charge < -0.3 is 10.1 Å². The third-order valence-corrected chi connectivity index (χ3v) is 3.43. The highest BCUT2D eigenvalue weighted by atomic mass is 16.5. The van der Waals surface area contributed by atoms with Crippen LogP contribution in [-0.2, 0) is 4.74 Å². The molecule has 15 heavy (non-hydrogen) atoms. The maximum absolute atomic E-state index is 5.90. The van der Waals surface area contributed by atoms with Gasteiger partial charge in [0.1, 0.15) is 0 Å². The summed E-state index contributed by atoms with van der Waals surface area (Å²) in [5.74, 6) is 0.789. The molecule has 0 aromatic heterocycles. The standard InChI is InChI=1S/C13H27NO/c1-3-4-5-6-11-15-12(2)13-7-9-14-10-8-13/h12-14H,3-11H2,1-2H3. The molecule has 0 bridgehead atoms. The first-order valence-corrected chi connectivity index (χ1v) is 6.67. The molecular formula is C13H27NO. The Balaban J connectivity index is 1.99. The minimum Gasteiger partial charge on any atom is -0.378 e. The molecule has 1 aliphatic heterocycles. The Bertz CT molecular complexity index is 143. The molecule has 0 spiro atoms. The van der Waals surface area contributed by atoms with E-state index in [2.05, 4.69) is 19.2 Å². The highest BCUT2D eigenvalue weighted by Gasteiger charge is 2.19. The van der Waals surface area contributed by atoms with Crippen LogP contribution in [0.2, 0.25) is 0 Å². The van der Waals surface area contributed by atoms with Gasteiger partial charge in [-0.2, -0.15) is 0 Å². The van der Waals surface area contributed by atoms with E-state index in [1.807, 2.05) is 0 Å². The molecule has 0 aliphatic carbocycles. The zero-order valence-corrected chi connectivity index (χ0v) is 10.4. The van der Waals surface area contributed by atoms with Gasteiger partial charge in [0.05, 0.1) is 6.10 Å². The van der Waals surface area contributed by atoms with E-state index in [1.54, 1.807) is 0 Å². The van der Waals surface area contributed by atoms with Crippen molar-refractivity contribution in [3.63, 3.8) is 0 Å². The van der Waals surface area contributed by atoms with Crippen molar-refractivity contribution >= 4 is 0 Å². The van der Waals surface area contributed by atoms with Crippen molar-refractivity contribution in [2.24, 2.45) is 5.92 Å². The van der Waals surface area contributed by atoms with Crippen LogP contribution in [0.25, 0.3) is 0 Å². The van der Waals surface area contributed by atoms with Crippen molar-refractivity contribution in [2.45, 2.75) is 58.5 Å². The lowest BCUT2D eigenvalue weighted by Crippen LogP contribution is -2.34. The minimum atomic E-state index is 0.466. The molecule has 1 aliphatic rings. The van der Waals surface area contributed by atoms with Gasteiger partial charge in [-0.15, -0.1) is 0 Å². The van der Waals surface area contributed by atoms with Crippen molar-refractivity contribution in [3.05, 3.63) is 0 Å².